The van der Waals surface area contributed by atoms with Gasteiger partial charge >= 0.3 is 5.97 Å². The molecule has 20 heavy (non-hydrogen) atoms. The van der Waals surface area contributed by atoms with Crippen LogP contribution >= 0.6 is 0 Å². The van der Waals surface area contributed by atoms with Gasteiger partial charge in [-0.05, 0) is 50.1 Å². The summed E-state index contributed by atoms with van der Waals surface area (Å²) < 4.78 is 4.67. The molecule has 1 unspecified atom stereocenters. The van der Waals surface area contributed by atoms with Gasteiger partial charge in [0.15, 0.2) is 0 Å². The van der Waals surface area contributed by atoms with E-state index in [1.54, 1.807) is 18.2 Å². The molecule has 1 aromatic rings. The SMILES string of the molecule is COC(=O)c1ccc(NC(=O)C2CCCCN2)c(C)c1. The summed E-state index contributed by atoms with van der Waals surface area (Å²) in [6.45, 7) is 2.74. The minimum Gasteiger partial charge on any atom is -0.465 e. The van der Waals surface area contributed by atoms with Crippen LogP contribution in [0.15, 0.2) is 18.2 Å². The summed E-state index contributed by atoms with van der Waals surface area (Å²) in [7, 11) is 1.35. The van der Waals surface area contributed by atoms with Crippen molar-refractivity contribution in [1.82, 2.24) is 5.32 Å². The lowest BCUT2D eigenvalue weighted by molar-refractivity contribution is -0.118. The van der Waals surface area contributed by atoms with Gasteiger partial charge in [-0.15, -0.1) is 0 Å². The Morgan fingerprint density at radius 2 is 2.15 bits per heavy atom. The maximum atomic E-state index is 12.1. The summed E-state index contributed by atoms with van der Waals surface area (Å²) in [6, 6.07) is 4.99. The zero-order chi connectivity index (χ0) is 14.5. The van der Waals surface area contributed by atoms with Crippen molar-refractivity contribution in [2.45, 2.75) is 32.2 Å². The number of rotatable bonds is 3. The number of anilines is 1. The van der Waals surface area contributed by atoms with Crippen LogP contribution < -0.4 is 10.6 Å². The van der Waals surface area contributed by atoms with Crippen molar-refractivity contribution < 1.29 is 14.3 Å². The van der Waals surface area contributed by atoms with Crippen LogP contribution in [0.4, 0.5) is 5.69 Å². The van der Waals surface area contributed by atoms with Gasteiger partial charge in [0.1, 0.15) is 0 Å². The van der Waals surface area contributed by atoms with E-state index in [9.17, 15) is 9.59 Å². The zero-order valence-corrected chi connectivity index (χ0v) is 11.9. The van der Waals surface area contributed by atoms with Gasteiger partial charge in [0, 0.05) is 5.69 Å². The Kier molecular flexibility index (Phi) is 4.74. The molecule has 0 aliphatic carbocycles. The third-order valence-electron chi connectivity index (χ3n) is 3.53. The molecule has 5 nitrogen and oxygen atoms in total. The molecule has 5 heteroatoms. The Hall–Kier alpha value is -1.88. The van der Waals surface area contributed by atoms with E-state index < -0.39 is 0 Å². The molecule has 1 atom stereocenters. The average Bonchev–Trinajstić information content (AvgIpc) is 2.49. The van der Waals surface area contributed by atoms with Crippen LogP contribution in [0.3, 0.4) is 0 Å². The summed E-state index contributed by atoms with van der Waals surface area (Å²) >= 11 is 0. The predicted molar refractivity (Wildman–Crippen MR) is 76.8 cm³/mol. The Morgan fingerprint density at radius 1 is 1.35 bits per heavy atom. The van der Waals surface area contributed by atoms with E-state index in [0.29, 0.717) is 5.56 Å². The van der Waals surface area contributed by atoms with Crippen LogP contribution in [-0.2, 0) is 9.53 Å². The second kappa shape index (κ2) is 6.52. The van der Waals surface area contributed by atoms with E-state index in [-0.39, 0.29) is 17.9 Å². The number of carbonyl (C=O) groups is 2. The van der Waals surface area contributed by atoms with Gasteiger partial charge in [-0.1, -0.05) is 6.42 Å². The molecule has 2 N–H and O–H groups in total. The molecular weight excluding hydrogens is 256 g/mol. The molecule has 1 heterocycles. The highest BCUT2D eigenvalue weighted by atomic mass is 16.5. The van der Waals surface area contributed by atoms with Crippen molar-refractivity contribution >= 4 is 17.6 Å². The average molecular weight is 276 g/mol. The van der Waals surface area contributed by atoms with Crippen molar-refractivity contribution in [3.63, 3.8) is 0 Å². The molecule has 1 fully saturated rings. The number of hydrogen-bond acceptors (Lipinski definition) is 4. The maximum Gasteiger partial charge on any atom is 0.337 e. The minimum absolute atomic E-state index is 0.0152. The van der Waals surface area contributed by atoms with E-state index >= 15 is 0 Å². The lowest BCUT2D eigenvalue weighted by Crippen LogP contribution is -2.43. The van der Waals surface area contributed by atoms with Crippen LogP contribution in [-0.4, -0.2) is 31.6 Å². The normalized spacial score (nSPS) is 18.4. The number of hydrogen-bond donors (Lipinski definition) is 2. The number of amides is 1. The molecule has 1 aliphatic rings. The Labute approximate surface area is 118 Å². The second-order valence-corrected chi connectivity index (χ2v) is 5.01. The van der Waals surface area contributed by atoms with E-state index in [1.165, 1.54) is 7.11 Å². The van der Waals surface area contributed by atoms with Gasteiger partial charge < -0.3 is 15.4 Å². The number of piperidine rings is 1. The lowest BCUT2D eigenvalue weighted by atomic mass is 10.0. The molecule has 1 amide bonds. The molecule has 0 aromatic heterocycles. The minimum atomic E-state index is -0.375. The summed E-state index contributed by atoms with van der Waals surface area (Å²) in [6.07, 6.45) is 3.06. The summed E-state index contributed by atoms with van der Waals surface area (Å²) in [4.78, 5) is 23.6. The van der Waals surface area contributed by atoms with Crippen molar-refractivity contribution in [3.8, 4) is 0 Å². The summed E-state index contributed by atoms with van der Waals surface area (Å²) in [5.41, 5.74) is 2.06. The zero-order valence-electron chi connectivity index (χ0n) is 11.9. The third kappa shape index (κ3) is 3.36. The van der Waals surface area contributed by atoms with Crippen LogP contribution in [0.5, 0.6) is 0 Å². The Morgan fingerprint density at radius 3 is 2.75 bits per heavy atom. The number of methoxy groups -OCH3 is 1. The highest BCUT2D eigenvalue weighted by molar-refractivity contribution is 5.96. The van der Waals surface area contributed by atoms with Gasteiger partial charge in [-0.3, -0.25) is 4.79 Å². The lowest BCUT2D eigenvalue weighted by Gasteiger charge is -2.23. The van der Waals surface area contributed by atoms with E-state index in [1.807, 2.05) is 6.92 Å². The molecule has 2 rings (SSSR count). The van der Waals surface area contributed by atoms with Gasteiger partial charge in [0.25, 0.3) is 0 Å². The molecule has 1 aliphatic heterocycles. The van der Waals surface area contributed by atoms with Crippen LogP contribution in [0.1, 0.15) is 35.2 Å². The number of benzene rings is 1. The second-order valence-electron chi connectivity index (χ2n) is 5.01. The number of aryl methyl sites for hydroxylation is 1. The summed E-state index contributed by atoms with van der Waals surface area (Å²) in [5.74, 6) is -0.390. The first-order chi connectivity index (χ1) is 9.61. The van der Waals surface area contributed by atoms with Crippen molar-refractivity contribution in [3.05, 3.63) is 29.3 Å². The van der Waals surface area contributed by atoms with Crippen LogP contribution in [0.25, 0.3) is 0 Å². The Balaban J connectivity index is 2.05. The van der Waals surface area contributed by atoms with E-state index in [4.69, 9.17) is 0 Å². The predicted octanol–water partition coefficient (Wildman–Crippen LogP) is 1.86. The first kappa shape index (κ1) is 14.5. The molecule has 108 valence electrons. The number of esters is 1. The van der Waals surface area contributed by atoms with E-state index in [2.05, 4.69) is 15.4 Å². The quantitative estimate of drug-likeness (QED) is 0.827. The fraction of sp³-hybridized carbons (Fsp3) is 0.467. The Bertz CT molecular complexity index is 508. The smallest absolute Gasteiger partial charge is 0.337 e. The molecule has 0 saturated carbocycles. The highest BCUT2D eigenvalue weighted by Crippen LogP contribution is 2.18. The first-order valence-electron chi connectivity index (χ1n) is 6.85. The monoisotopic (exact) mass is 276 g/mol. The molecular formula is C15H20N2O3. The number of carbonyl (C=O) groups excluding carboxylic acids is 2. The van der Waals surface area contributed by atoms with E-state index in [0.717, 1.165) is 37.1 Å². The number of nitrogens with one attached hydrogen (secondary N) is 2. The third-order valence-corrected chi connectivity index (χ3v) is 3.53. The van der Waals surface area contributed by atoms with Crippen LogP contribution in [0.2, 0.25) is 0 Å². The standard InChI is InChI=1S/C15H20N2O3/c1-10-9-11(15(19)20-2)6-7-12(10)17-14(18)13-5-3-4-8-16-13/h6-7,9,13,16H,3-5,8H2,1-2H3,(H,17,18). The molecule has 0 radical (unpaired) electrons. The first-order valence-corrected chi connectivity index (χ1v) is 6.85. The highest BCUT2D eigenvalue weighted by Gasteiger charge is 2.21. The largest absolute Gasteiger partial charge is 0.465 e. The van der Waals surface area contributed by atoms with Crippen LogP contribution in [0, 0.1) is 6.92 Å². The molecule has 1 aromatic carbocycles. The topological polar surface area (TPSA) is 67.4 Å². The van der Waals surface area contributed by atoms with Gasteiger partial charge in [0.05, 0.1) is 18.7 Å². The van der Waals surface area contributed by atoms with Crippen molar-refractivity contribution in [2.75, 3.05) is 19.0 Å². The van der Waals surface area contributed by atoms with Gasteiger partial charge in [0.2, 0.25) is 5.91 Å². The van der Waals surface area contributed by atoms with Crippen molar-refractivity contribution in [1.29, 1.82) is 0 Å². The molecule has 1 saturated heterocycles. The van der Waals surface area contributed by atoms with Gasteiger partial charge in [-0.25, -0.2) is 4.79 Å². The molecule has 0 spiro atoms. The summed E-state index contributed by atoms with van der Waals surface area (Å²) in [5, 5.41) is 6.12. The number of ether oxygens (including phenoxy) is 1. The maximum absolute atomic E-state index is 12.1. The fourth-order valence-electron chi connectivity index (χ4n) is 2.34. The molecule has 0 bridgehead atoms. The van der Waals surface area contributed by atoms with Gasteiger partial charge in [-0.2, -0.15) is 0 Å². The fourth-order valence-corrected chi connectivity index (χ4v) is 2.34. The van der Waals surface area contributed by atoms with Crippen molar-refractivity contribution in [2.24, 2.45) is 0 Å².